The van der Waals surface area contributed by atoms with Crippen molar-refractivity contribution in [2.75, 3.05) is 0 Å². The van der Waals surface area contributed by atoms with E-state index < -0.39 is 15.3 Å². The maximum atomic E-state index is 11.4. The monoisotopic (exact) mass is 202 g/mol. The van der Waals surface area contributed by atoms with E-state index in [0.29, 0.717) is 0 Å². The first kappa shape index (κ1) is 12.1. The van der Waals surface area contributed by atoms with E-state index in [0.717, 1.165) is 0 Å². The summed E-state index contributed by atoms with van der Waals surface area (Å²) in [5.41, 5.74) is 0. The van der Waals surface area contributed by atoms with Crippen molar-refractivity contribution in [3.63, 3.8) is 0 Å². The predicted octanol–water partition coefficient (Wildman–Crippen LogP) is 0.782. The van der Waals surface area contributed by atoms with Crippen LogP contribution in [0.3, 0.4) is 0 Å². The summed E-state index contributed by atoms with van der Waals surface area (Å²) in [7, 11) is -3.52. The van der Waals surface area contributed by atoms with Gasteiger partial charge in [0.25, 0.3) is 0 Å². The van der Waals surface area contributed by atoms with Gasteiger partial charge in [-0.3, -0.25) is 0 Å². The molecular weight excluding hydrogens is 188 g/mol. The van der Waals surface area contributed by atoms with Crippen molar-refractivity contribution in [3.8, 4) is 6.07 Å². The molecule has 0 spiro atoms. The standard InChI is InChI=1S/C8H14N2O2S/c1-4-7(3)10-13(11,12)8(5-2)6-9/h4,7-8,10H,1,5H2,2-3H3. The third kappa shape index (κ3) is 3.57. The van der Waals surface area contributed by atoms with Crippen molar-refractivity contribution in [3.05, 3.63) is 12.7 Å². The molecule has 0 saturated heterocycles. The molecule has 74 valence electrons. The molecule has 1 N–H and O–H groups in total. The minimum absolute atomic E-state index is 0.287. The maximum absolute atomic E-state index is 11.4. The molecule has 0 fully saturated rings. The van der Waals surface area contributed by atoms with E-state index in [2.05, 4.69) is 11.3 Å². The number of sulfonamides is 1. The van der Waals surface area contributed by atoms with Crippen LogP contribution in [0.5, 0.6) is 0 Å². The molecule has 0 radical (unpaired) electrons. The zero-order valence-electron chi connectivity index (χ0n) is 7.82. The van der Waals surface area contributed by atoms with Crippen LogP contribution in [0.1, 0.15) is 20.3 Å². The fourth-order valence-electron chi connectivity index (χ4n) is 0.769. The molecule has 0 aromatic rings. The highest BCUT2D eigenvalue weighted by Crippen LogP contribution is 2.03. The lowest BCUT2D eigenvalue weighted by Crippen LogP contribution is -2.37. The van der Waals surface area contributed by atoms with Crippen LogP contribution in [0.25, 0.3) is 0 Å². The Hall–Kier alpha value is -0.860. The van der Waals surface area contributed by atoms with Crippen LogP contribution in [0.2, 0.25) is 0 Å². The van der Waals surface area contributed by atoms with Crippen LogP contribution in [-0.4, -0.2) is 19.7 Å². The van der Waals surface area contributed by atoms with Crippen molar-refractivity contribution >= 4 is 10.0 Å². The van der Waals surface area contributed by atoms with Gasteiger partial charge < -0.3 is 0 Å². The largest absolute Gasteiger partial charge is 0.228 e. The molecule has 0 aliphatic carbocycles. The summed E-state index contributed by atoms with van der Waals surface area (Å²) in [5.74, 6) is 0. The molecule has 0 aromatic heterocycles. The van der Waals surface area contributed by atoms with Gasteiger partial charge in [0.2, 0.25) is 10.0 Å². The van der Waals surface area contributed by atoms with E-state index in [1.54, 1.807) is 19.9 Å². The molecule has 0 heterocycles. The van der Waals surface area contributed by atoms with Crippen molar-refractivity contribution in [2.24, 2.45) is 0 Å². The smallest absolute Gasteiger partial charge is 0.211 e. The molecule has 0 amide bonds. The fraction of sp³-hybridized carbons (Fsp3) is 0.625. The molecule has 0 aliphatic heterocycles. The van der Waals surface area contributed by atoms with E-state index in [1.807, 2.05) is 0 Å². The highest BCUT2D eigenvalue weighted by Gasteiger charge is 2.23. The van der Waals surface area contributed by atoms with Gasteiger partial charge in [0, 0.05) is 6.04 Å². The summed E-state index contributed by atoms with van der Waals surface area (Å²) in [4.78, 5) is 0. The van der Waals surface area contributed by atoms with Gasteiger partial charge >= 0.3 is 0 Å². The van der Waals surface area contributed by atoms with Gasteiger partial charge in [0.05, 0.1) is 6.07 Å². The van der Waals surface area contributed by atoms with Crippen LogP contribution < -0.4 is 4.72 Å². The van der Waals surface area contributed by atoms with E-state index in [1.165, 1.54) is 6.08 Å². The molecule has 0 bridgehead atoms. The third-order valence-corrected chi connectivity index (χ3v) is 3.48. The molecule has 0 saturated carbocycles. The zero-order chi connectivity index (χ0) is 10.5. The highest BCUT2D eigenvalue weighted by atomic mass is 32.2. The van der Waals surface area contributed by atoms with Crippen LogP contribution >= 0.6 is 0 Å². The van der Waals surface area contributed by atoms with Gasteiger partial charge in [-0.15, -0.1) is 6.58 Å². The summed E-state index contributed by atoms with van der Waals surface area (Å²) in [5, 5.41) is 7.58. The quantitative estimate of drug-likeness (QED) is 0.670. The number of hydrogen-bond acceptors (Lipinski definition) is 3. The zero-order valence-corrected chi connectivity index (χ0v) is 8.63. The van der Waals surface area contributed by atoms with E-state index in [9.17, 15) is 8.42 Å². The third-order valence-electron chi connectivity index (χ3n) is 1.59. The van der Waals surface area contributed by atoms with Crippen LogP contribution in [0.15, 0.2) is 12.7 Å². The van der Waals surface area contributed by atoms with Crippen LogP contribution in [-0.2, 0) is 10.0 Å². The first-order valence-electron chi connectivity index (χ1n) is 4.01. The van der Waals surface area contributed by atoms with Crippen LogP contribution in [0.4, 0.5) is 0 Å². The Labute approximate surface area is 79.3 Å². The Morgan fingerprint density at radius 3 is 2.54 bits per heavy atom. The average molecular weight is 202 g/mol. The lowest BCUT2D eigenvalue weighted by Gasteiger charge is -2.12. The number of rotatable bonds is 5. The number of nitrogens with zero attached hydrogens (tertiary/aromatic N) is 1. The minimum atomic E-state index is -3.52. The number of nitrogens with one attached hydrogen (secondary N) is 1. The van der Waals surface area contributed by atoms with Crippen molar-refractivity contribution in [1.82, 2.24) is 4.72 Å². The predicted molar refractivity (Wildman–Crippen MR) is 51.4 cm³/mol. The van der Waals surface area contributed by atoms with E-state index in [-0.39, 0.29) is 12.5 Å². The summed E-state index contributed by atoms with van der Waals surface area (Å²) >= 11 is 0. The van der Waals surface area contributed by atoms with Crippen molar-refractivity contribution in [2.45, 2.75) is 31.6 Å². The molecule has 0 aromatic carbocycles. The van der Waals surface area contributed by atoms with Gasteiger partial charge in [0.1, 0.15) is 0 Å². The molecular formula is C8H14N2O2S. The first-order chi connectivity index (χ1) is 5.97. The SMILES string of the molecule is C=CC(C)NS(=O)(=O)C(C#N)CC. The Morgan fingerprint density at radius 2 is 2.23 bits per heavy atom. The average Bonchev–Trinajstić information content (AvgIpc) is 2.05. The second-order valence-corrected chi connectivity index (χ2v) is 4.61. The lowest BCUT2D eigenvalue weighted by molar-refractivity contribution is 0.567. The first-order valence-corrected chi connectivity index (χ1v) is 5.55. The Kier molecular flexibility index (Phi) is 4.67. The fourth-order valence-corrected chi connectivity index (χ4v) is 2.13. The van der Waals surface area contributed by atoms with Gasteiger partial charge in [-0.05, 0) is 13.3 Å². The van der Waals surface area contributed by atoms with Gasteiger partial charge in [-0.1, -0.05) is 13.0 Å². The molecule has 0 rings (SSSR count). The van der Waals surface area contributed by atoms with Gasteiger partial charge in [-0.25, -0.2) is 13.1 Å². The molecule has 4 nitrogen and oxygen atoms in total. The molecule has 5 heteroatoms. The summed E-state index contributed by atoms with van der Waals surface area (Å²) in [6.07, 6.45) is 1.76. The van der Waals surface area contributed by atoms with E-state index >= 15 is 0 Å². The Balaban J connectivity index is 4.59. The van der Waals surface area contributed by atoms with Crippen LogP contribution in [0, 0.1) is 11.3 Å². The summed E-state index contributed by atoms with van der Waals surface area (Å²) in [6.45, 7) is 6.77. The molecule has 13 heavy (non-hydrogen) atoms. The highest BCUT2D eigenvalue weighted by molar-refractivity contribution is 7.90. The second kappa shape index (κ2) is 5.00. The molecule has 0 aliphatic rings. The van der Waals surface area contributed by atoms with Gasteiger partial charge in [-0.2, -0.15) is 5.26 Å². The van der Waals surface area contributed by atoms with Crippen molar-refractivity contribution < 1.29 is 8.42 Å². The summed E-state index contributed by atoms with van der Waals surface area (Å²) in [6, 6.07) is 1.40. The minimum Gasteiger partial charge on any atom is -0.211 e. The number of nitriles is 1. The molecule has 2 unspecified atom stereocenters. The lowest BCUT2D eigenvalue weighted by atomic mass is 10.4. The number of hydrogen-bond donors (Lipinski definition) is 1. The van der Waals surface area contributed by atoms with Crippen molar-refractivity contribution in [1.29, 1.82) is 5.26 Å². The second-order valence-electron chi connectivity index (χ2n) is 2.71. The van der Waals surface area contributed by atoms with E-state index in [4.69, 9.17) is 5.26 Å². The molecule has 2 atom stereocenters. The van der Waals surface area contributed by atoms with Gasteiger partial charge in [0.15, 0.2) is 5.25 Å². The Morgan fingerprint density at radius 1 is 1.69 bits per heavy atom. The topological polar surface area (TPSA) is 70.0 Å². The maximum Gasteiger partial charge on any atom is 0.228 e. The summed E-state index contributed by atoms with van der Waals surface area (Å²) < 4.78 is 25.1. The Bertz CT molecular complexity index is 303. The normalized spacial score (nSPS) is 15.8.